The lowest BCUT2D eigenvalue weighted by atomic mass is 10.2. The van der Waals surface area contributed by atoms with E-state index >= 15 is 0 Å². The summed E-state index contributed by atoms with van der Waals surface area (Å²) in [7, 11) is 0. The molecular weight excluding hydrogens is 306 g/mol. The van der Waals surface area contributed by atoms with Crippen LogP contribution in [0, 0.1) is 6.92 Å². The predicted molar refractivity (Wildman–Crippen MR) is 96.9 cm³/mol. The number of morpholine rings is 1. The van der Waals surface area contributed by atoms with Crippen LogP contribution in [0.2, 0.25) is 0 Å². The summed E-state index contributed by atoms with van der Waals surface area (Å²) in [5, 5.41) is 6.91. The summed E-state index contributed by atoms with van der Waals surface area (Å²) in [5.41, 5.74) is 3.70. The second-order valence-electron chi connectivity index (χ2n) is 6.26. The Bertz CT molecular complexity index is 643. The number of rotatable bonds is 4. The Balaban J connectivity index is 1.72. The van der Waals surface area contributed by atoms with Crippen LogP contribution in [0.3, 0.4) is 0 Å². The minimum Gasteiger partial charge on any atom is -0.372 e. The van der Waals surface area contributed by atoms with Gasteiger partial charge in [-0.3, -0.25) is 0 Å². The molecule has 1 fully saturated rings. The number of benzene rings is 1. The fourth-order valence-corrected chi connectivity index (χ4v) is 4.17. The van der Waals surface area contributed by atoms with Crippen molar-refractivity contribution in [3.8, 4) is 0 Å². The maximum atomic E-state index is 5.81. The molecule has 0 saturated carbocycles. The van der Waals surface area contributed by atoms with Gasteiger partial charge in [0.2, 0.25) is 0 Å². The molecular formula is C18H26N3OS+. The molecule has 0 amide bonds. The lowest BCUT2D eigenvalue weighted by Gasteiger charge is -2.36. The highest BCUT2D eigenvalue weighted by molar-refractivity contribution is 7.13. The molecule has 0 unspecified atom stereocenters. The SMILES string of the molecule is CC[n+]1c(C)csc1Nc1ccc(N2C[C@H](C)O[C@@H](C)C2)cc1. The van der Waals surface area contributed by atoms with E-state index in [0.717, 1.165) is 25.3 Å². The average molecular weight is 332 g/mol. The van der Waals surface area contributed by atoms with Gasteiger partial charge in [0.25, 0.3) is 0 Å². The van der Waals surface area contributed by atoms with Crippen LogP contribution in [0.5, 0.6) is 0 Å². The first kappa shape index (κ1) is 16.3. The van der Waals surface area contributed by atoms with Crippen LogP contribution in [0.4, 0.5) is 16.5 Å². The lowest BCUT2D eigenvalue weighted by molar-refractivity contribution is -0.681. The molecule has 3 rings (SSSR count). The molecule has 1 aromatic carbocycles. The third-order valence-electron chi connectivity index (χ3n) is 4.23. The van der Waals surface area contributed by atoms with Crippen molar-refractivity contribution in [1.29, 1.82) is 0 Å². The van der Waals surface area contributed by atoms with Crippen molar-refractivity contribution in [1.82, 2.24) is 0 Å². The largest absolute Gasteiger partial charge is 0.372 e. The summed E-state index contributed by atoms with van der Waals surface area (Å²) in [5.74, 6) is 0. The van der Waals surface area contributed by atoms with Gasteiger partial charge in [0.05, 0.1) is 18.8 Å². The van der Waals surface area contributed by atoms with Crippen molar-refractivity contribution < 1.29 is 9.30 Å². The van der Waals surface area contributed by atoms with E-state index in [0.29, 0.717) is 0 Å². The van der Waals surface area contributed by atoms with E-state index in [1.54, 1.807) is 11.3 Å². The molecule has 23 heavy (non-hydrogen) atoms. The quantitative estimate of drug-likeness (QED) is 0.865. The molecule has 124 valence electrons. The number of nitrogens with one attached hydrogen (secondary N) is 1. The van der Waals surface area contributed by atoms with Crippen molar-refractivity contribution in [2.24, 2.45) is 0 Å². The van der Waals surface area contributed by atoms with E-state index < -0.39 is 0 Å². The van der Waals surface area contributed by atoms with Crippen molar-refractivity contribution in [2.45, 2.75) is 46.4 Å². The van der Waals surface area contributed by atoms with Crippen LogP contribution in [0.15, 0.2) is 29.6 Å². The Hall–Kier alpha value is -1.59. The molecule has 0 spiro atoms. The third-order valence-corrected chi connectivity index (χ3v) is 5.24. The molecule has 0 bridgehead atoms. The smallest absolute Gasteiger partial charge is 0.339 e. The summed E-state index contributed by atoms with van der Waals surface area (Å²) in [6, 6.07) is 8.72. The maximum Gasteiger partial charge on any atom is 0.339 e. The summed E-state index contributed by atoms with van der Waals surface area (Å²) < 4.78 is 8.11. The first-order valence-corrected chi connectivity index (χ1v) is 9.20. The van der Waals surface area contributed by atoms with E-state index in [-0.39, 0.29) is 12.2 Å². The summed E-state index contributed by atoms with van der Waals surface area (Å²) in [4.78, 5) is 2.41. The molecule has 0 aliphatic carbocycles. The highest BCUT2D eigenvalue weighted by atomic mass is 32.1. The second-order valence-corrected chi connectivity index (χ2v) is 7.12. The normalized spacial score (nSPS) is 21.5. The molecule has 1 aliphatic rings. The van der Waals surface area contributed by atoms with Crippen molar-refractivity contribution >= 4 is 27.8 Å². The third kappa shape index (κ3) is 3.67. The monoisotopic (exact) mass is 332 g/mol. The summed E-state index contributed by atoms with van der Waals surface area (Å²) in [6.07, 6.45) is 0.573. The zero-order valence-corrected chi connectivity index (χ0v) is 15.2. The molecule has 1 N–H and O–H groups in total. The Morgan fingerprint density at radius 1 is 1.22 bits per heavy atom. The fourth-order valence-electron chi connectivity index (χ4n) is 3.19. The highest BCUT2D eigenvalue weighted by Gasteiger charge is 2.22. The zero-order valence-electron chi connectivity index (χ0n) is 14.4. The van der Waals surface area contributed by atoms with E-state index in [4.69, 9.17) is 4.74 Å². The second kappa shape index (κ2) is 6.89. The average Bonchev–Trinajstić information content (AvgIpc) is 2.87. The van der Waals surface area contributed by atoms with Crippen LogP contribution in [-0.2, 0) is 11.3 Å². The van der Waals surface area contributed by atoms with E-state index in [2.05, 4.69) is 72.1 Å². The van der Waals surface area contributed by atoms with Crippen LogP contribution >= 0.6 is 11.3 Å². The topological polar surface area (TPSA) is 28.4 Å². The van der Waals surface area contributed by atoms with Gasteiger partial charge in [-0.05, 0) is 52.0 Å². The van der Waals surface area contributed by atoms with Crippen LogP contribution < -0.4 is 14.8 Å². The Labute approximate surface area is 142 Å². The van der Waals surface area contributed by atoms with Gasteiger partial charge in [0.1, 0.15) is 11.4 Å². The number of thiazole rings is 1. The number of aryl methyl sites for hydroxylation is 1. The number of ether oxygens (including phenoxy) is 1. The Morgan fingerprint density at radius 3 is 2.48 bits per heavy atom. The lowest BCUT2D eigenvalue weighted by Crippen LogP contribution is -2.45. The molecule has 2 heterocycles. The van der Waals surface area contributed by atoms with Gasteiger partial charge in [0.15, 0.2) is 0 Å². The first-order valence-electron chi connectivity index (χ1n) is 8.32. The van der Waals surface area contributed by atoms with Gasteiger partial charge in [0, 0.05) is 24.2 Å². The fraction of sp³-hybridized carbons (Fsp3) is 0.500. The molecule has 2 atom stereocenters. The maximum absolute atomic E-state index is 5.81. The molecule has 4 nitrogen and oxygen atoms in total. The van der Waals surface area contributed by atoms with E-state index in [1.807, 2.05) is 0 Å². The van der Waals surface area contributed by atoms with Gasteiger partial charge in [-0.25, -0.2) is 9.88 Å². The van der Waals surface area contributed by atoms with Gasteiger partial charge < -0.3 is 9.64 Å². The zero-order chi connectivity index (χ0) is 16.4. The number of hydrogen-bond acceptors (Lipinski definition) is 4. The van der Waals surface area contributed by atoms with E-state index in [9.17, 15) is 0 Å². The Kier molecular flexibility index (Phi) is 4.87. The van der Waals surface area contributed by atoms with Gasteiger partial charge in [-0.15, -0.1) is 0 Å². The van der Waals surface area contributed by atoms with Crippen LogP contribution in [0.1, 0.15) is 26.5 Å². The van der Waals surface area contributed by atoms with Crippen molar-refractivity contribution in [3.63, 3.8) is 0 Å². The number of hydrogen-bond donors (Lipinski definition) is 1. The van der Waals surface area contributed by atoms with Crippen LogP contribution in [0.25, 0.3) is 0 Å². The standard InChI is InChI=1S/C18H25N3OS/c1-5-21-13(2)12-23-18(21)19-16-6-8-17(9-7-16)20-10-14(3)22-15(4)11-20/h6-9,12,14-15H,5,10-11H2,1-4H3/p+1/t14-,15-/m0/s1. The highest BCUT2D eigenvalue weighted by Crippen LogP contribution is 2.24. The summed E-state index contributed by atoms with van der Waals surface area (Å²) in [6.45, 7) is 11.5. The minimum absolute atomic E-state index is 0.286. The molecule has 1 saturated heterocycles. The Morgan fingerprint density at radius 2 is 1.87 bits per heavy atom. The van der Waals surface area contributed by atoms with Gasteiger partial charge in [-0.2, -0.15) is 0 Å². The number of nitrogens with zero attached hydrogens (tertiary/aromatic N) is 2. The van der Waals surface area contributed by atoms with E-state index in [1.165, 1.54) is 16.5 Å². The minimum atomic E-state index is 0.286. The molecule has 1 aliphatic heterocycles. The molecule has 1 aromatic heterocycles. The first-order chi connectivity index (χ1) is 11.1. The summed E-state index contributed by atoms with van der Waals surface area (Å²) >= 11 is 1.75. The molecule has 5 heteroatoms. The van der Waals surface area contributed by atoms with Gasteiger partial charge in [-0.1, -0.05) is 11.3 Å². The van der Waals surface area contributed by atoms with Crippen molar-refractivity contribution in [2.75, 3.05) is 23.3 Å². The van der Waals surface area contributed by atoms with Crippen molar-refractivity contribution in [3.05, 3.63) is 35.3 Å². The predicted octanol–water partition coefficient (Wildman–Crippen LogP) is 3.72. The molecule has 0 radical (unpaired) electrons. The van der Waals surface area contributed by atoms with Crippen LogP contribution in [-0.4, -0.2) is 25.3 Å². The molecule has 2 aromatic rings. The number of anilines is 3. The van der Waals surface area contributed by atoms with Gasteiger partial charge >= 0.3 is 5.13 Å². The number of aromatic nitrogens is 1.